The second-order valence-electron chi connectivity index (χ2n) is 9.01. The summed E-state index contributed by atoms with van der Waals surface area (Å²) in [7, 11) is 0. The van der Waals surface area contributed by atoms with Gasteiger partial charge in [0.2, 0.25) is 0 Å². The van der Waals surface area contributed by atoms with Crippen molar-refractivity contribution in [2.24, 2.45) is 0 Å². The first-order valence-corrected chi connectivity index (χ1v) is 12.0. The average molecular weight is 470 g/mol. The lowest BCUT2D eigenvalue weighted by molar-refractivity contribution is 0.0937. The number of benzene rings is 2. The van der Waals surface area contributed by atoms with Gasteiger partial charge in [0.25, 0.3) is 11.8 Å². The van der Waals surface area contributed by atoms with Gasteiger partial charge in [-0.1, -0.05) is 49.4 Å². The van der Waals surface area contributed by atoms with E-state index in [1.807, 2.05) is 87.0 Å². The number of carbonyl (C=O) groups is 2. The molecule has 0 bridgehead atoms. The van der Waals surface area contributed by atoms with Crippen molar-refractivity contribution in [2.75, 3.05) is 0 Å². The van der Waals surface area contributed by atoms with Gasteiger partial charge in [-0.3, -0.25) is 9.59 Å². The molecule has 2 aromatic heterocycles. The van der Waals surface area contributed by atoms with Gasteiger partial charge in [-0.15, -0.1) is 0 Å². The van der Waals surface area contributed by atoms with Crippen LogP contribution in [-0.4, -0.2) is 32.6 Å². The van der Waals surface area contributed by atoms with E-state index >= 15 is 0 Å². The van der Waals surface area contributed by atoms with Crippen LogP contribution in [0.15, 0.2) is 66.9 Å². The number of amides is 2. The van der Waals surface area contributed by atoms with Crippen molar-refractivity contribution in [3.8, 4) is 11.3 Å². The third kappa shape index (κ3) is 5.40. The summed E-state index contributed by atoms with van der Waals surface area (Å²) >= 11 is 0. The molecule has 0 radical (unpaired) electrons. The van der Waals surface area contributed by atoms with Crippen LogP contribution in [0.3, 0.4) is 0 Å². The molecule has 35 heavy (non-hydrogen) atoms. The molecule has 2 amide bonds. The van der Waals surface area contributed by atoms with Gasteiger partial charge in [-0.25, -0.2) is 9.67 Å². The topological polar surface area (TPSA) is 88.9 Å². The van der Waals surface area contributed by atoms with E-state index in [2.05, 4.69) is 15.7 Å². The van der Waals surface area contributed by atoms with Crippen molar-refractivity contribution < 1.29 is 9.59 Å². The fraction of sp³-hybridized carbons (Fsp3) is 0.286. The zero-order chi connectivity index (χ0) is 24.9. The number of fused-ring (bicyclic) bond motifs is 1. The fourth-order valence-electron chi connectivity index (χ4n) is 3.85. The molecule has 2 heterocycles. The molecule has 7 heteroatoms. The van der Waals surface area contributed by atoms with E-state index in [1.54, 1.807) is 12.3 Å². The highest BCUT2D eigenvalue weighted by Crippen LogP contribution is 2.26. The summed E-state index contributed by atoms with van der Waals surface area (Å²) in [4.78, 5) is 30.7. The number of nitrogens with zero attached hydrogens (tertiary/aromatic N) is 3. The van der Waals surface area contributed by atoms with Crippen LogP contribution in [0.25, 0.3) is 22.3 Å². The Bertz CT molecular complexity index is 1340. The highest BCUT2D eigenvalue weighted by molar-refractivity contribution is 6.06. The largest absolute Gasteiger partial charge is 0.350 e. The SMILES string of the molecule is CCC(C)NC(=O)c1cccc(CNC(=O)c2cc(-c3ccccc3)nc3c2cnn3C(C)C)c1. The van der Waals surface area contributed by atoms with Crippen molar-refractivity contribution in [2.45, 2.75) is 52.7 Å². The lowest BCUT2D eigenvalue weighted by atomic mass is 10.1. The summed E-state index contributed by atoms with van der Waals surface area (Å²) in [5, 5.41) is 11.2. The quantitative estimate of drug-likeness (QED) is 0.374. The standard InChI is InChI=1S/C28H31N5O2/c1-5-19(4)31-27(34)22-13-9-10-20(14-22)16-29-28(35)23-15-25(21-11-7-6-8-12-21)32-26-24(23)17-30-33(26)18(2)3/h6-15,17-19H,5,16H2,1-4H3,(H,29,35)(H,31,34). The molecule has 180 valence electrons. The van der Waals surface area contributed by atoms with Crippen LogP contribution in [0, 0.1) is 0 Å². The Balaban J connectivity index is 1.61. The molecule has 0 saturated carbocycles. The van der Waals surface area contributed by atoms with E-state index in [9.17, 15) is 9.59 Å². The van der Waals surface area contributed by atoms with Crippen LogP contribution in [0.1, 0.15) is 66.4 Å². The van der Waals surface area contributed by atoms with Gasteiger partial charge in [0.05, 0.1) is 22.8 Å². The predicted molar refractivity (Wildman–Crippen MR) is 138 cm³/mol. The predicted octanol–water partition coefficient (Wildman–Crippen LogP) is 5.14. The summed E-state index contributed by atoms with van der Waals surface area (Å²) in [5.41, 5.74) is 4.27. The van der Waals surface area contributed by atoms with Crippen molar-refractivity contribution >= 4 is 22.8 Å². The Morgan fingerprint density at radius 2 is 1.74 bits per heavy atom. The van der Waals surface area contributed by atoms with Gasteiger partial charge >= 0.3 is 0 Å². The molecule has 4 aromatic rings. The molecular weight excluding hydrogens is 438 g/mol. The fourth-order valence-corrected chi connectivity index (χ4v) is 3.85. The minimum absolute atomic E-state index is 0.102. The number of aromatic nitrogens is 3. The Morgan fingerprint density at radius 3 is 2.46 bits per heavy atom. The van der Waals surface area contributed by atoms with Crippen molar-refractivity contribution in [3.05, 3.63) is 83.6 Å². The molecular formula is C28H31N5O2. The molecule has 2 aromatic carbocycles. The van der Waals surface area contributed by atoms with Crippen molar-refractivity contribution in [1.29, 1.82) is 0 Å². The Labute approximate surface area is 205 Å². The van der Waals surface area contributed by atoms with E-state index in [-0.39, 0.29) is 23.9 Å². The number of carbonyl (C=O) groups excluding carboxylic acids is 2. The van der Waals surface area contributed by atoms with Gasteiger partial charge in [0.1, 0.15) is 0 Å². The maximum absolute atomic E-state index is 13.3. The Hall–Kier alpha value is -4.00. The number of hydrogen-bond donors (Lipinski definition) is 2. The molecule has 4 rings (SSSR count). The van der Waals surface area contributed by atoms with E-state index in [0.717, 1.165) is 23.2 Å². The Kier molecular flexibility index (Phi) is 7.25. The van der Waals surface area contributed by atoms with Crippen LogP contribution in [-0.2, 0) is 6.54 Å². The lowest BCUT2D eigenvalue weighted by Crippen LogP contribution is -2.32. The summed E-state index contributed by atoms with van der Waals surface area (Å²) in [6, 6.07) is 19.1. The number of hydrogen-bond acceptors (Lipinski definition) is 4. The third-order valence-electron chi connectivity index (χ3n) is 6.00. The molecule has 0 aliphatic heterocycles. The van der Waals surface area contributed by atoms with Gasteiger partial charge in [0.15, 0.2) is 5.65 Å². The average Bonchev–Trinajstić information content (AvgIpc) is 3.31. The first kappa shape index (κ1) is 24.1. The van der Waals surface area contributed by atoms with E-state index in [1.165, 1.54) is 0 Å². The number of pyridine rings is 1. The molecule has 0 saturated heterocycles. The summed E-state index contributed by atoms with van der Waals surface area (Å²) in [5.74, 6) is -0.329. The smallest absolute Gasteiger partial charge is 0.252 e. The summed E-state index contributed by atoms with van der Waals surface area (Å²) in [6.45, 7) is 8.37. The van der Waals surface area contributed by atoms with Gasteiger partial charge in [-0.2, -0.15) is 5.10 Å². The van der Waals surface area contributed by atoms with Crippen LogP contribution >= 0.6 is 0 Å². The minimum atomic E-state index is -0.215. The summed E-state index contributed by atoms with van der Waals surface area (Å²) < 4.78 is 1.83. The van der Waals surface area contributed by atoms with Gasteiger partial charge in [-0.05, 0) is 51.0 Å². The first-order valence-electron chi connectivity index (χ1n) is 12.0. The Morgan fingerprint density at radius 1 is 0.971 bits per heavy atom. The van der Waals surface area contributed by atoms with Gasteiger partial charge < -0.3 is 10.6 Å². The molecule has 0 aliphatic rings. The van der Waals surface area contributed by atoms with Crippen LogP contribution < -0.4 is 10.6 Å². The van der Waals surface area contributed by atoms with Crippen LogP contribution in [0.4, 0.5) is 0 Å². The minimum Gasteiger partial charge on any atom is -0.350 e. The maximum atomic E-state index is 13.3. The van der Waals surface area contributed by atoms with Crippen LogP contribution in [0.2, 0.25) is 0 Å². The van der Waals surface area contributed by atoms with E-state index < -0.39 is 0 Å². The maximum Gasteiger partial charge on any atom is 0.252 e. The third-order valence-corrected chi connectivity index (χ3v) is 6.00. The lowest BCUT2D eigenvalue weighted by Gasteiger charge is -2.13. The molecule has 0 fully saturated rings. The highest BCUT2D eigenvalue weighted by Gasteiger charge is 2.19. The summed E-state index contributed by atoms with van der Waals surface area (Å²) in [6.07, 6.45) is 2.56. The zero-order valence-electron chi connectivity index (χ0n) is 20.6. The van der Waals surface area contributed by atoms with E-state index in [0.29, 0.717) is 28.7 Å². The number of rotatable bonds is 8. The van der Waals surface area contributed by atoms with Crippen LogP contribution in [0.5, 0.6) is 0 Å². The molecule has 2 N–H and O–H groups in total. The molecule has 0 aliphatic carbocycles. The second-order valence-corrected chi connectivity index (χ2v) is 9.01. The normalized spacial score (nSPS) is 12.0. The highest BCUT2D eigenvalue weighted by atomic mass is 16.2. The second kappa shape index (κ2) is 10.5. The van der Waals surface area contributed by atoms with Gasteiger partial charge in [0, 0.05) is 29.8 Å². The molecule has 1 unspecified atom stereocenters. The molecule has 0 spiro atoms. The first-order chi connectivity index (χ1) is 16.9. The van der Waals surface area contributed by atoms with Crippen molar-refractivity contribution in [3.63, 3.8) is 0 Å². The monoisotopic (exact) mass is 469 g/mol. The zero-order valence-corrected chi connectivity index (χ0v) is 20.6. The number of nitrogens with one attached hydrogen (secondary N) is 2. The molecule has 1 atom stereocenters. The van der Waals surface area contributed by atoms with Crippen molar-refractivity contribution in [1.82, 2.24) is 25.4 Å². The van der Waals surface area contributed by atoms with E-state index in [4.69, 9.17) is 4.98 Å². The molecule has 7 nitrogen and oxygen atoms in total.